The Labute approximate surface area is 102 Å². The van der Waals surface area contributed by atoms with Gasteiger partial charge in [-0.15, -0.1) is 0 Å². The molecule has 2 atom stereocenters. The quantitative estimate of drug-likeness (QED) is 0.580. The van der Waals surface area contributed by atoms with E-state index in [1.54, 1.807) is 0 Å². The summed E-state index contributed by atoms with van der Waals surface area (Å²) in [6.45, 7) is 3.69. The van der Waals surface area contributed by atoms with Gasteiger partial charge in [-0.25, -0.2) is 4.79 Å². The standard InChI is InChI=1S/C14H18O3/c1-10(2)16-14(15)13-12(17-13)9-8-11-6-4-3-5-7-11/h3-7,10,12-13H,8-9H2,1-2H3/t12-,13+/m0/s1. The molecule has 0 saturated carbocycles. The van der Waals surface area contributed by atoms with Gasteiger partial charge in [0.05, 0.1) is 12.2 Å². The van der Waals surface area contributed by atoms with Gasteiger partial charge in [0.25, 0.3) is 0 Å². The van der Waals surface area contributed by atoms with E-state index in [-0.39, 0.29) is 24.3 Å². The number of ether oxygens (including phenoxy) is 2. The molecular formula is C14H18O3. The molecule has 0 radical (unpaired) electrons. The lowest BCUT2D eigenvalue weighted by Crippen LogP contribution is -2.18. The summed E-state index contributed by atoms with van der Waals surface area (Å²) < 4.78 is 10.4. The molecule has 0 amide bonds. The molecule has 0 spiro atoms. The van der Waals surface area contributed by atoms with Gasteiger partial charge in [-0.1, -0.05) is 30.3 Å². The minimum absolute atomic E-state index is 0.0430. The fourth-order valence-electron chi connectivity index (χ4n) is 1.82. The molecule has 92 valence electrons. The van der Waals surface area contributed by atoms with Crippen LogP contribution in [0.25, 0.3) is 0 Å². The smallest absolute Gasteiger partial charge is 0.338 e. The van der Waals surface area contributed by atoms with E-state index in [0.29, 0.717) is 0 Å². The Bertz CT molecular complexity index is 372. The van der Waals surface area contributed by atoms with E-state index in [2.05, 4.69) is 12.1 Å². The van der Waals surface area contributed by atoms with Gasteiger partial charge >= 0.3 is 5.97 Å². The summed E-state index contributed by atoms with van der Waals surface area (Å²) in [5.41, 5.74) is 1.28. The van der Waals surface area contributed by atoms with Crippen molar-refractivity contribution in [3.8, 4) is 0 Å². The maximum Gasteiger partial charge on any atom is 0.338 e. The van der Waals surface area contributed by atoms with Crippen molar-refractivity contribution < 1.29 is 14.3 Å². The zero-order chi connectivity index (χ0) is 12.3. The lowest BCUT2D eigenvalue weighted by molar-refractivity contribution is -0.148. The SMILES string of the molecule is CC(C)OC(=O)[C@@H]1O[C@H]1CCc1ccccc1. The van der Waals surface area contributed by atoms with Crippen molar-refractivity contribution in [3.05, 3.63) is 35.9 Å². The fourth-order valence-corrected chi connectivity index (χ4v) is 1.82. The molecule has 0 bridgehead atoms. The number of carbonyl (C=O) groups is 1. The van der Waals surface area contributed by atoms with Crippen molar-refractivity contribution in [1.82, 2.24) is 0 Å². The van der Waals surface area contributed by atoms with Crippen molar-refractivity contribution in [2.24, 2.45) is 0 Å². The largest absolute Gasteiger partial charge is 0.461 e. The number of epoxide rings is 1. The van der Waals surface area contributed by atoms with Crippen LogP contribution < -0.4 is 0 Å². The van der Waals surface area contributed by atoms with E-state index < -0.39 is 0 Å². The van der Waals surface area contributed by atoms with Crippen LogP contribution in [0, 0.1) is 0 Å². The molecule has 1 aliphatic rings. The second-order valence-corrected chi connectivity index (χ2v) is 4.61. The van der Waals surface area contributed by atoms with Crippen molar-refractivity contribution in [2.45, 2.75) is 45.0 Å². The van der Waals surface area contributed by atoms with Gasteiger partial charge in [0.15, 0.2) is 6.10 Å². The van der Waals surface area contributed by atoms with Crippen LogP contribution in [-0.2, 0) is 20.7 Å². The zero-order valence-corrected chi connectivity index (χ0v) is 10.3. The van der Waals surface area contributed by atoms with Gasteiger partial charge < -0.3 is 9.47 Å². The number of benzene rings is 1. The zero-order valence-electron chi connectivity index (χ0n) is 10.3. The normalized spacial score (nSPS) is 22.5. The molecule has 1 aromatic carbocycles. The lowest BCUT2D eigenvalue weighted by atomic mass is 10.1. The van der Waals surface area contributed by atoms with E-state index in [0.717, 1.165) is 12.8 Å². The highest BCUT2D eigenvalue weighted by Gasteiger charge is 2.45. The molecule has 3 nitrogen and oxygen atoms in total. The van der Waals surface area contributed by atoms with E-state index >= 15 is 0 Å². The Morgan fingerprint density at radius 1 is 1.35 bits per heavy atom. The van der Waals surface area contributed by atoms with Crippen LogP contribution in [0.4, 0.5) is 0 Å². The van der Waals surface area contributed by atoms with E-state index in [4.69, 9.17) is 9.47 Å². The Hall–Kier alpha value is -1.35. The highest BCUT2D eigenvalue weighted by molar-refractivity contribution is 5.78. The predicted octanol–water partition coefficient (Wildman–Crippen LogP) is 2.34. The summed E-state index contributed by atoms with van der Waals surface area (Å²) in [4.78, 5) is 11.5. The number of hydrogen-bond acceptors (Lipinski definition) is 3. The van der Waals surface area contributed by atoms with Gasteiger partial charge in [-0.05, 0) is 32.3 Å². The number of rotatable bonds is 5. The summed E-state index contributed by atoms with van der Waals surface area (Å²) in [6.07, 6.45) is 1.46. The molecule has 1 fully saturated rings. The number of esters is 1. The van der Waals surface area contributed by atoms with E-state index in [9.17, 15) is 4.79 Å². The Balaban J connectivity index is 1.72. The summed E-state index contributed by atoms with van der Waals surface area (Å²) in [7, 11) is 0. The molecule has 1 aliphatic heterocycles. The van der Waals surface area contributed by atoms with Crippen LogP contribution in [0.2, 0.25) is 0 Å². The van der Waals surface area contributed by atoms with Crippen LogP contribution in [0.15, 0.2) is 30.3 Å². The molecule has 0 aromatic heterocycles. The minimum Gasteiger partial charge on any atom is -0.461 e. The van der Waals surface area contributed by atoms with Crippen LogP contribution in [0.5, 0.6) is 0 Å². The van der Waals surface area contributed by atoms with Crippen molar-refractivity contribution in [2.75, 3.05) is 0 Å². The number of aryl methyl sites for hydroxylation is 1. The third-order valence-electron chi connectivity index (χ3n) is 2.73. The maximum atomic E-state index is 11.5. The summed E-state index contributed by atoms with van der Waals surface area (Å²) >= 11 is 0. The molecule has 2 rings (SSSR count). The van der Waals surface area contributed by atoms with Gasteiger partial charge in [-0.2, -0.15) is 0 Å². The van der Waals surface area contributed by atoms with Crippen molar-refractivity contribution in [3.63, 3.8) is 0 Å². The second-order valence-electron chi connectivity index (χ2n) is 4.61. The van der Waals surface area contributed by atoms with Gasteiger partial charge in [-0.3, -0.25) is 0 Å². The van der Waals surface area contributed by atoms with E-state index in [1.165, 1.54) is 5.56 Å². The van der Waals surface area contributed by atoms with Crippen molar-refractivity contribution in [1.29, 1.82) is 0 Å². The van der Waals surface area contributed by atoms with Gasteiger partial charge in [0.2, 0.25) is 0 Å². The number of carbonyl (C=O) groups excluding carboxylic acids is 1. The molecule has 0 aliphatic carbocycles. The highest BCUT2D eigenvalue weighted by Crippen LogP contribution is 2.28. The molecule has 17 heavy (non-hydrogen) atoms. The van der Waals surface area contributed by atoms with Crippen LogP contribution >= 0.6 is 0 Å². The molecule has 0 N–H and O–H groups in total. The molecule has 1 aromatic rings. The van der Waals surface area contributed by atoms with Crippen LogP contribution in [0.1, 0.15) is 25.8 Å². The monoisotopic (exact) mass is 234 g/mol. The number of hydrogen-bond donors (Lipinski definition) is 0. The molecular weight excluding hydrogens is 216 g/mol. The molecule has 1 heterocycles. The predicted molar refractivity (Wildman–Crippen MR) is 64.7 cm³/mol. The summed E-state index contributed by atoms with van der Waals surface area (Å²) in [6, 6.07) is 10.2. The fraction of sp³-hybridized carbons (Fsp3) is 0.500. The van der Waals surface area contributed by atoms with Gasteiger partial charge in [0, 0.05) is 0 Å². The second kappa shape index (κ2) is 5.32. The molecule has 3 heteroatoms. The van der Waals surface area contributed by atoms with Crippen molar-refractivity contribution >= 4 is 5.97 Å². The molecule has 1 saturated heterocycles. The summed E-state index contributed by atoms with van der Waals surface area (Å²) in [5, 5.41) is 0. The first-order valence-electron chi connectivity index (χ1n) is 6.06. The summed E-state index contributed by atoms with van der Waals surface area (Å²) in [5.74, 6) is -0.224. The first-order valence-corrected chi connectivity index (χ1v) is 6.06. The van der Waals surface area contributed by atoms with Crippen LogP contribution in [-0.4, -0.2) is 24.3 Å². The van der Waals surface area contributed by atoms with Gasteiger partial charge in [0.1, 0.15) is 0 Å². The molecule has 0 unspecified atom stereocenters. The Morgan fingerprint density at radius 3 is 2.71 bits per heavy atom. The van der Waals surface area contributed by atoms with Crippen LogP contribution in [0.3, 0.4) is 0 Å². The minimum atomic E-state index is -0.332. The Kier molecular flexibility index (Phi) is 3.79. The first kappa shape index (κ1) is 12.1. The maximum absolute atomic E-state index is 11.5. The van der Waals surface area contributed by atoms with E-state index in [1.807, 2.05) is 32.0 Å². The topological polar surface area (TPSA) is 38.8 Å². The Morgan fingerprint density at radius 2 is 2.06 bits per heavy atom. The third-order valence-corrected chi connectivity index (χ3v) is 2.73. The average Bonchev–Trinajstić information content (AvgIpc) is 3.06. The first-order chi connectivity index (χ1) is 8.16. The average molecular weight is 234 g/mol. The highest BCUT2D eigenvalue weighted by atomic mass is 16.6. The third kappa shape index (κ3) is 3.56. The lowest BCUT2D eigenvalue weighted by Gasteiger charge is -2.05.